The van der Waals surface area contributed by atoms with Gasteiger partial charge in [-0.15, -0.1) is 11.3 Å². The summed E-state index contributed by atoms with van der Waals surface area (Å²) in [5.74, 6) is 0.308. The number of aryl methyl sites for hydroxylation is 2. The highest BCUT2D eigenvalue weighted by Gasteiger charge is 2.30. The van der Waals surface area contributed by atoms with Crippen LogP contribution >= 0.6 is 11.3 Å². The SMILES string of the molecule is CCOC(=O)c1ccc([C@@H](C)Oc2cc(C)c(-c3ccc(C(F)(F)F)cc3)c(C)c2)s1. The van der Waals surface area contributed by atoms with Crippen LogP contribution in [0.5, 0.6) is 5.75 Å². The number of hydrogen-bond acceptors (Lipinski definition) is 4. The van der Waals surface area contributed by atoms with E-state index in [0.717, 1.165) is 39.3 Å². The van der Waals surface area contributed by atoms with Gasteiger partial charge >= 0.3 is 12.1 Å². The van der Waals surface area contributed by atoms with Crippen molar-refractivity contribution in [2.24, 2.45) is 0 Å². The summed E-state index contributed by atoms with van der Waals surface area (Å²) < 4.78 is 49.6. The molecule has 31 heavy (non-hydrogen) atoms. The van der Waals surface area contributed by atoms with Gasteiger partial charge in [0.2, 0.25) is 0 Å². The first-order valence-corrected chi connectivity index (χ1v) is 10.6. The van der Waals surface area contributed by atoms with Crippen molar-refractivity contribution in [1.29, 1.82) is 0 Å². The van der Waals surface area contributed by atoms with Crippen molar-refractivity contribution in [3.05, 3.63) is 75.0 Å². The second-order valence-corrected chi connectivity index (χ2v) is 8.31. The van der Waals surface area contributed by atoms with Crippen LogP contribution in [-0.2, 0) is 10.9 Å². The van der Waals surface area contributed by atoms with Crippen molar-refractivity contribution >= 4 is 17.3 Å². The predicted molar refractivity (Wildman–Crippen MR) is 116 cm³/mol. The highest BCUT2D eigenvalue weighted by molar-refractivity contribution is 7.14. The highest BCUT2D eigenvalue weighted by Crippen LogP contribution is 2.36. The minimum atomic E-state index is -4.36. The van der Waals surface area contributed by atoms with Gasteiger partial charge in [-0.1, -0.05) is 12.1 Å². The quantitative estimate of drug-likeness (QED) is 0.369. The number of hydrogen-bond donors (Lipinski definition) is 0. The van der Waals surface area contributed by atoms with Gasteiger partial charge < -0.3 is 9.47 Å². The van der Waals surface area contributed by atoms with Crippen LogP contribution in [0, 0.1) is 13.8 Å². The smallest absolute Gasteiger partial charge is 0.416 e. The summed E-state index contributed by atoms with van der Waals surface area (Å²) in [7, 11) is 0. The topological polar surface area (TPSA) is 35.5 Å². The third-order valence-electron chi connectivity index (χ3n) is 4.82. The van der Waals surface area contributed by atoms with Gasteiger partial charge in [0.05, 0.1) is 12.2 Å². The number of carbonyl (C=O) groups is 1. The molecule has 3 rings (SSSR count). The Morgan fingerprint density at radius 3 is 2.19 bits per heavy atom. The van der Waals surface area contributed by atoms with E-state index in [1.165, 1.54) is 23.5 Å². The van der Waals surface area contributed by atoms with Crippen LogP contribution in [0.25, 0.3) is 11.1 Å². The van der Waals surface area contributed by atoms with Crippen molar-refractivity contribution in [2.75, 3.05) is 6.61 Å². The molecular weight excluding hydrogens is 425 g/mol. The predicted octanol–water partition coefficient (Wildman–Crippen LogP) is 7.37. The number of ether oxygens (including phenoxy) is 2. The van der Waals surface area contributed by atoms with Gasteiger partial charge in [0.15, 0.2) is 0 Å². The Bertz CT molecular complexity index is 1050. The number of carbonyl (C=O) groups excluding carboxylic acids is 1. The summed E-state index contributed by atoms with van der Waals surface area (Å²) in [6.07, 6.45) is -4.63. The molecule has 0 aliphatic rings. The van der Waals surface area contributed by atoms with Crippen LogP contribution in [0.15, 0.2) is 48.5 Å². The van der Waals surface area contributed by atoms with Crippen molar-refractivity contribution in [3.63, 3.8) is 0 Å². The van der Waals surface area contributed by atoms with Crippen LogP contribution in [0.1, 0.15) is 51.2 Å². The van der Waals surface area contributed by atoms with Crippen LogP contribution in [-0.4, -0.2) is 12.6 Å². The summed E-state index contributed by atoms with van der Waals surface area (Å²) in [6.45, 7) is 7.79. The lowest BCUT2D eigenvalue weighted by Crippen LogP contribution is -2.04. The van der Waals surface area contributed by atoms with E-state index in [4.69, 9.17) is 9.47 Å². The molecule has 2 aromatic carbocycles. The van der Waals surface area contributed by atoms with Crippen molar-refractivity contribution < 1.29 is 27.4 Å². The summed E-state index contributed by atoms with van der Waals surface area (Å²) >= 11 is 1.33. The molecule has 0 N–H and O–H groups in total. The fraction of sp³-hybridized carbons (Fsp3) is 0.292. The van der Waals surface area contributed by atoms with E-state index in [0.29, 0.717) is 17.2 Å². The van der Waals surface area contributed by atoms with Crippen LogP contribution in [0.4, 0.5) is 13.2 Å². The molecule has 0 aliphatic heterocycles. The molecule has 1 atom stereocenters. The van der Waals surface area contributed by atoms with Crippen LogP contribution < -0.4 is 4.74 Å². The van der Waals surface area contributed by atoms with Gasteiger partial charge in [0.25, 0.3) is 0 Å². The molecule has 0 amide bonds. The molecule has 0 saturated carbocycles. The van der Waals surface area contributed by atoms with Gasteiger partial charge in [0, 0.05) is 4.88 Å². The van der Waals surface area contributed by atoms with Gasteiger partial charge in [-0.25, -0.2) is 4.79 Å². The first-order valence-electron chi connectivity index (χ1n) is 9.82. The number of benzene rings is 2. The van der Waals surface area contributed by atoms with Crippen LogP contribution in [0.2, 0.25) is 0 Å². The first-order chi connectivity index (χ1) is 14.6. The van der Waals surface area contributed by atoms with E-state index in [1.54, 1.807) is 13.0 Å². The zero-order chi connectivity index (χ0) is 22.8. The third kappa shape index (κ3) is 5.28. The fourth-order valence-electron chi connectivity index (χ4n) is 3.42. The second kappa shape index (κ2) is 9.14. The Morgan fingerprint density at radius 2 is 1.65 bits per heavy atom. The molecule has 3 aromatic rings. The van der Waals surface area contributed by atoms with E-state index in [-0.39, 0.29) is 12.1 Å². The molecule has 3 nitrogen and oxygen atoms in total. The Balaban J connectivity index is 1.80. The lowest BCUT2D eigenvalue weighted by Gasteiger charge is -2.17. The molecule has 1 heterocycles. The lowest BCUT2D eigenvalue weighted by molar-refractivity contribution is -0.137. The van der Waals surface area contributed by atoms with E-state index >= 15 is 0 Å². The summed E-state index contributed by atoms with van der Waals surface area (Å²) in [4.78, 5) is 13.3. The summed E-state index contributed by atoms with van der Waals surface area (Å²) in [6, 6.07) is 12.5. The van der Waals surface area contributed by atoms with Crippen molar-refractivity contribution in [3.8, 4) is 16.9 Å². The maximum Gasteiger partial charge on any atom is 0.416 e. The Morgan fingerprint density at radius 1 is 1.03 bits per heavy atom. The third-order valence-corrected chi connectivity index (χ3v) is 6.05. The van der Waals surface area contributed by atoms with Gasteiger partial charge in [-0.2, -0.15) is 13.2 Å². The fourth-order valence-corrected chi connectivity index (χ4v) is 4.30. The van der Waals surface area contributed by atoms with E-state index in [9.17, 15) is 18.0 Å². The second-order valence-electron chi connectivity index (χ2n) is 7.19. The monoisotopic (exact) mass is 448 g/mol. The highest BCUT2D eigenvalue weighted by atomic mass is 32.1. The van der Waals surface area contributed by atoms with E-state index in [2.05, 4.69) is 0 Å². The molecule has 0 bridgehead atoms. The number of alkyl halides is 3. The Hall–Kier alpha value is -2.80. The molecule has 0 saturated heterocycles. The van der Waals surface area contributed by atoms with E-state index in [1.807, 2.05) is 39.0 Å². The molecule has 0 spiro atoms. The Labute approximate surface area is 183 Å². The molecule has 164 valence electrons. The molecule has 1 aromatic heterocycles. The van der Waals surface area contributed by atoms with Crippen molar-refractivity contribution in [1.82, 2.24) is 0 Å². The van der Waals surface area contributed by atoms with E-state index < -0.39 is 11.7 Å². The zero-order valence-electron chi connectivity index (χ0n) is 17.7. The maximum absolute atomic E-state index is 12.8. The Kier molecular flexibility index (Phi) is 6.74. The number of esters is 1. The normalized spacial score (nSPS) is 12.5. The summed E-state index contributed by atoms with van der Waals surface area (Å²) in [5, 5.41) is 0. The van der Waals surface area contributed by atoms with Crippen LogP contribution in [0.3, 0.4) is 0 Å². The average Bonchev–Trinajstić information content (AvgIpc) is 3.18. The molecule has 0 fully saturated rings. The number of rotatable bonds is 6. The van der Waals surface area contributed by atoms with Crippen molar-refractivity contribution in [2.45, 2.75) is 40.0 Å². The van der Waals surface area contributed by atoms with Gasteiger partial charge in [0.1, 0.15) is 16.7 Å². The van der Waals surface area contributed by atoms with Gasteiger partial charge in [-0.3, -0.25) is 0 Å². The number of thiophene rings is 1. The minimum absolute atomic E-state index is 0.274. The summed E-state index contributed by atoms with van der Waals surface area (Å²) in [5.41, 5.74) is 2.74. The molecule has 0 unspecified atom stereocenters. The number of halogens is 3. The molecule has 0 radical (unpaired) electrons. The molecule has 7 heteroatoms. The molecule has 0 aliphatic carbocycles. The first kappa shape index (κ1) is 22.9. The molecular formula is C24H23F3O3S. The van der Waals surface area contributed by atoms with Gasteiger partial charge in [-0.05, 0) is 86.3 Å². The minimum Gasteiger partial charge on any atom is -0.485 e. The largest absolute Gasteiger partial charge is 0.485 e. The average molecular weight is 449 g/mol. The maximum atomic E-state index is 12.8. The lowest BCUT2D eigenvalue weighted by atomic mass is 9.94. The standard InChI is InChI=1S/C24H23F3O3S/c1-5-29-23(28)21-11-10-20(31-21)16(4)30-19-12-14(2)22(15(3)13-19)17-6-8-18(9-7-17)24(25,26)27/h6-13,16H,5H2,1-4H3/t16-/m1/s1. The zero-order valence-corrected chi connectivity index (χ0v) is 18.5.